The van der Waals surface area contributed by atoms with E-state index in [-0.39, 0.29) is 38.3 Å². The topological polar surface area (TPSA) is 244 Å². The van der Waals surface area contributed by atoms with E-state index in [2.05, 4.69) is 42.2 Å². The molecule has 0 aromatic heterocycles. The van der Waals surface area contributed by atoms with Crippen molar-refractivity contribution in [2.45, 2.75) is 70.2 Å². The van der Waals surface area contributed by atoms with Crippen molar-refractivity contribution >= 4 is 46.9 Å². The number of nitrogens with two attached hydrogens (primary N) is 1. The third-order valence-corrected chi connectivity index (χ3v) is 9.95. The van der Waals surface area contributed by atoms with Crippen molar-refractivity contribution in [2.75, 3.05) is 13.1 Å². The smallest absolute Gasteiger partial charge is 0.407 e. The van der Waals surface area contributed by atoms with Crippen LogP contribution in [0.3, 0.4) is 0 Å². The van der Waals surface area contributed by atoms with Crippen molar-refractivity contribution < 1.29 is 28.9 Å². The zero-order valence-electron chi connectivity index (χ0n) is 36.6. The number of alkyl carbamates (subject to hydrolysis) is 1. The molecule has 3 atom stereocenters. The number of rotatable bonds is 20. The first-order chi connectivity index (χ1) is 31.2. The monoisotopic (exact) mass is 884 g/mol. The average Bonchev–Trinajstić information content (AvgIpc) is 3.28. The number of hydrogen-bond acceptors (Lipinski definition) is 8. The molecule has 0 heterocycles. The Kier molecular flexibility index (Phi) is 17.9. The predicted molar refractivity (Wildman–Crippen MR) is 250 cm³/mol. The number of nitrogens with one attached hydrogen (secondary N) is 6. The van der Waals surface area contributed by atoms with Gasteiger partial charge in [0, 0.05) is 25.7 Å². The van der Waals surface area contributed by atoms with Gasteiger partial charge in [-0.15, -0.1) is 0 Å². The van der Waals surface area contributed by atoms with Gasteiger partial charge in [-0.1, -0.05) is 133 Å². The predicted octanol–water partition coefficient (Wildman–Crippen LogP) is 5.69. The number of hydrogen-bond donors (Lipinski definition) is 7. The summed E-state index contributed by atoms with van der Waals surface area (Å²) in [4.78, 5) is 65.6. The third-order valence-electron chi connectivity index (χ3n) is 9.95. The van der Waals surface area contributed by atoms with Crippen LogP contribution < -0.4 is 37.7 Å². The molecule has 0 aliphatic rings. The Morgan fingerprint density at radius 1 is 0.738 bits per heavy atom. The number of hydrazone groups is 2. The summed E-state index contributed by atoms with van der Waals surface area (Å²) in [6.07, 6.45) is 1.57. The molecule has 0 radical (unpaired) electrons. The fraction of sp³-hybridized carbons (Fsp3) is 0.292. The second-order valence-electron chi connectivity index (χ2n) is 16.2. The van der Waals surface area contributed by atoms with Crippen LogP contribution in [-0.4, -0.2) is 71.9 Å². The van der Waals surface area contributed by atoms with Gasteiger partial charge in [0.1, 0.15) is 16.7 Å². The average molecular weight is 885 g/mol. The Morgan fingerprint density at radius 2 is 1.35 bits per heavy atom. The summed E-state index contributed by atoms with van der Waals surface area (Å²) in [6.45, 7) is 5.29. The van der Waals surface area contributed by atoms with Crippen molar-refractivity contribution in [1.29, 1.82) is 0 Å². The van der Waals surface area contributed by atoms with Gasteiger partial charge in [-0.25, -0.2) is 25.1 Å². The lowest BCUT2D eigenvalue weighted by Crippen LogP contribution is -2.53. The Hall–Kier alpha value is -7.82. The lowest BCUT2D eigenvalue weighted by molar-refractivity contribution is -0.485. The van der Waals surface area contributed by atoms with Crippen molar-refractivity contribution in [2.24, 2.45) is 21.9 Å². The largest absolute Gasteiger partial charge is 0.444 e. The van der Waals surface area contributed by atoms with E-state index in [1.54, 1.807) is 20.8 Å². The molecule has 0 saturated carbocycles. The van der Waals surface area contributed by atoms with Gasteiger partial charge in [-0.2, -0.15) is 5.10 Å². The number of amides is 5. The summed E-state index contributed by atoms with van der Waals surface area (Å²) in [5, 5.41) is 33.4. The summed E-state index contributed by atoms with van der Waals surface area (Å²) >= 11 is 0. The van der Waals surface area contributed by atoms with Gasteiger partial charge in [0.05, 0.1) is 18.0 Å². The van der Waals surface area contributed by atoms with Gasteiger partial charge >= 0.3 is 12.1 Å². The molecule has 5 aromatic carbocycles. The minimum Gasteiger partial charge on any atom is -0.444 e. The number of fused-ring (bicyclic) bond motifs is 1. The van der Waals surface area contributed by atoms with E-state index in [0.29, 0.717) is 6.42 Å². The molecule has 0 aliphatic heterocycles. The molecule has 5 aromatic rings. The second-order valence-corrected chi connectivity index (χ2v) is 16.2. The summed E-state index contributed by atoms with van der Waals surface area (Å²) < 4.78 is 5.46. The molecular formula is C48H56N10O7. The van der Waals surface area contributed by atoms with E-state index in [9.17, 15) is 29.3 Å². The summed E-state index contributed by atoms with van der Waals surface area (Å²) in [5.74, 6) is -2.24. The molecule has 2 unspecified atom stereocenters. The number of carbonyl (C=O) groups excluding carboxylic acids is 4. The first-order valence-electron chi connectivity index (χ1n) is 21.2. The molecule has 5 amide bonds. The maximum Gasteiger partial charge on any atom is 0.407 e. The molecule has 8 N–H and O–H groups in total. The molecule has 5 rings (SSSR count). The summed E-state index contributed by atoms with van der Waals surface area (Å²) in [5.41, 5.74) is 10.7. The molecule has 17 heteroatoms. The standard InChI is InChI=1S/C48H56N10O7/c1-48(2,3)65-47(62)51-31-39(29-34-25-26-35-18-13-14-23-38(35)28-34)43(59)54-41(30-33-16-7-4-8-17-33)44(60)53-40(24-15-27-50-45(49)57-58(63)64)32-52-56-46(61)55-42(36-19-9-5-10-20-36)37-21-11-6-12-22-37/h4-14,16-23,25-26,28,32,39-42H,15,24,27,29-31H2,1-3H3,(H,51,62)(H,53,60)(H,54,59)(H3,49,50,57)(H2,55,56,61)/b52-32+/t39?,40-,41?/m0/s1. The Balaban J connectivity index is 1.36. The molecule has 0 aliphatic carbocycles. The number of carbonyl (C=O) groups is 4. The summed E-state index contributed by atoms with van der Waals surface area (Å²) in [7, 11) is 0. The molecule has 0 spiro atoms. The zero-order valence-corrected chi connectivity index (χ0v) is 36.6. The van der Waals surface area contributed by atoms with Crippen LogP contribution in [0.15, 0.2) is 144 Å². The number of benzene rings is 5. The van der Waals surface area contributed by atoms with E-state index >= 15 is 0 Å². The molecule has 340 valence electrons. The number of nitrogens with zero attached hydrogens (tertiary/aromatic N) is 3. The molecular weight excluding hydrogens is 829 g/mol. The first kappa shape index (κ1) is 48.2. The van der Waals surface area contributed by atoms with Gasteiger partial charge in [-0.05, 0) is 73.1 Å². The van der Waals surface area contributed by atoms with Crippen LogP contribution in [-0.2, 0) is 27.2 Å². The molecule has 0 saturated heterocycles. The lowest BCUT2D eigenvalue weighted by atomic mass is 9.95. The normalized spacial score (nSPS) is 13.0. The van der Waals surface area contributed by atoms with E-state index < -0.39 is 58.6 Å². The van der Waals surface area contributed by atoms with Gasteiger partial charge in [0.2, 0.25) is 11.8 Å². The maximum absolute atomic E-state index is 14.4. The Bertz CT molecular complexity index is 2370. The number of nitro groups is 1. The number of guanidine groups is 1. The SMILES string of the molecule is CC(C)(C)OC(=O)NCC(Cc1ccc2ccccc2c1)C(=O)NC(Cc1ccccc1)C(=O)N[C@H](/C=N/NC(=O)NC(c1ccccc1)c1ccccc1)CCCN/C(N)=N\[N+](=O)[O-]. The molecule has 17 nitrogen and oxygen atoms in total. The molecule has 0 fully saturated rings. The van der Waals surface area contributed by atoms with Gasteiger partial charge in [0.25, 0.3) is 5.96 Å². The van der Waals surface area contributed by atoms with E-state index in [4.69, 9.17) is 10.5 Å². The Labute approximate surface area is 377 Å². The van der Waals surface area contributed by atoms with Gasteiger partial charge in [0.15, 0.2) is 5.03 Å². The van der Waals surface area contributed by atoms with E-state index in [1.165, 1.54) is 6.21 Å². The zero-order chi connectivity index (χ0) is 46.6. The van der Waals surface area contributed by atoms with E-state index in [1.807, 2.05) is 133 Å². The highest BCUT2D eigenvalue weighted by molar-refractivity contribution is 5.91. The van der Waals surface area contributed by atoms with Crippen molar-refractivity contribution in [3.05, 3.63) is 166 Å². The lowest BCUT2D eigenvalue weighted by Gasteiger charge is -2.25. The van der Waals surface area contributed by atoms with Crippen molar-refractivity contribution in [3.63, 3.8) is 0 Å². The highest BCUT2D eigenvalue weighted by atomic mass is 16.7. The Morgan fingerprint density at radius 3 is 1.98 bits per heavy atom. The quantitative estimate of drug-likeness (QED) is 0.0167. The fourth-order valence-electron chi connectivity index (χ4n) is 6.91. The minimum atomic E-state index is -1.10. The minimum absolute atomic E-state index is 0.0818. The van der Waals surface area contributed by atoms with Crippen molar-refractivity contribution in [1.82, 2.24) is 32.0 Å². The highest BCUT2D eigenvalue weighted by Gasteiger charge is 2.29. The van der Waals surface area contributed by atoms with Crippen LogP contribution in [0.25, 0.3) is 10.8 Å². The van der Waals surface area contributed by atoms with Gasteiger partial charge in [-0.3, -0.25) is 9.59 Å². The van der Waals surface area contributed by atoms with Crippen LogP contribution in [0, 0.1) is 16.0 Å². The molecule has 0 bridgehead atoms. The third kappa shape index (κ3) is 16.8. The molecule has 65 heavy (non-hydrogen) atoms. The maximum atomic E-state index is 14.4. The first-order valence-corrected chi connectivity index (χ1v) is 21.2. The van der Waals surface area contributed by atoms with Crippen LogP contribution in [0.4, 0.5) is 9.59 Å². The van der Waals surface area contributed by atoms with Crippen LogP contribution in [0.2, 0.25) is 0 Å². The van der Waals surface area contributed by atoms with Crippen molar-refractivity contribution in [3.8, 4) is 0 Å². The fourth-order valence-corrected chi connectivity index (χ4v) is 6.91. The van der Waals surface area contributed by atoms with E-state index in [0.717, 1.165) is 33.0 Å². The number of urea groups is 1. The second kappa shape index (κ2) is 24.1. The van der Waals surface area contributed by atoms with Gasteiger partial charge < -0.3 is 37.1 Å². The summed E-state index contributed by atoms with van der Waals surface area (Å²) in [6, 6.07) is 38.8. The highest BCUT2D eigenvalue weighted by Crippen LogP contribution is 2.22. The van der Waals surface area contributed by atoms with Crippen LogP contribution in [0.5, 0.6) is 0 Å². The van der Waals surface area contributed by atoms with Crippen LogP contribution in [0.1, 0.15) is 61.9 Å². The number of ether oxygens (including phenoxy) is 1. The van der Waals surface area contributed by atoms with Crippen LogP contribution >= 0.6 is 0 Å².